The molecule has 202 valence electrons. The van der Waals surface area contributed by atoms with E-state index in [4.69, 9.17) is 0 Å². The van der Waals surface area contributed by atoms with Gasteiger partial charge in [0.1, 0.15) is 11.3 Å². The molecule has 1 aliphatic carbocycles. The third-order valence-electron chi connectivity index (χ3n) is 7.26. The number of aliphatic hydroxyl groups is 1. The highest BCUT2D eigenvalue weighted by Gasteiger charge is 2.29. The van der Waals surface area contributed by atoms with Crippen LogP contribution in [0.2, 0.25) is 0 Å². The average Bonchev–Trinajstić information content (AvgIpc) is 3.56. The first-order valence-electron chi connectivity index (χ1n) is 13.1. The molecule has 5 aromatic rings. The molecule has 9 heteroatoms. The lowest BCUT2D eigenvalue weighted by Gasteiger charge is -2.16. The zero-order valence-electron chi connectivity index (χ0n) is 21.5. The van der Waals surface area contributed by atoms with Gasteiger partial charge in [-0.25, -0.2) is 13.4 Å². The van der Waals surface area contributed by atoms with Crippen LogP contribution in [0.4, 0.5) is 5.69 Å². The van der Waals surface area contributed by atoms with Crippen molar-refractivity contribution >= 4 is 32.7 Å². The number of anilines is 1. The fourth-order valence-corrected chi connectivity index (χ4v) is 6.26. The molecular formula is C31H28N4O4S. The second kappa shape index (κ2) is 10.6. The molecule has 0 bridgehead atoms. The topological polar surface area (TPSA) is 124 Å². The maximum absolute atomic E-state index is 13.3. The van der Waals surface area contributed by atoms with Crippen LogP contribution in [0.15, 0.2) is 102 Å². The molecule has 2 aromatic heterocycles. The van der Waals surface area contributed by atoms with E-state index in [1.54, 1.807) is 30.3 Å². The summed E-state index contributed by atoms with van der Waals surface area (Å²) in [6, 6.07) is 27.2. The highest BCUT2D eigenvalue weighted by molar-refractivity contribution is 7.92. The highest BCUT2D eigenvalue weighted by Crippen LogP contribution is 2.34. The lowest BCUT2D eigenvalue weighted by molar-refractivity contribution is 0.0870. The first-order chi connectivity index (χ1) is 19.4. The van der Waals surface area contributed by atoms with Crippen molar-refractivity contribution in [3.8, 4) is 22.3 Å². The first kappa shape index (κ1) is 25.8. The molecule has 1 saturated carbocycles. The van der Waals surface area contributed by atoms with E-state index < -0.39 is 16.1 Å². The summed E-state index contributed by atoms with van der Waals surface area (Å²) in [6.07, 6.45) is 3.07. The number of nitrogens with one attached hydrogen (secondary N) is 3. The molecule has 1 fully saturated rings. The Morgan fingerprint density at radius 1 is 0.875 bits per heavy atom. The quantitative estimate of drug-likeness (QED) is 0.217. The molecule has 8 nitrogen and oxygen atoms in total. The predicted molar refractivity (Wildman–Crippen MR) is 155 cm³/mol. The zero-order chi connectivity index (χ0) is 27.7. The molecule has 0 spiro atoms. The smallest absolute Gasteiger partial charge is 0.268 e. The van der Waals surface area contributed by atoms with E-state index in [1.165, 1.54) is 6.20 Å². The van der Waals surface area contributed by atoms with E-state index in [0.29, 0.717) is 35.1 Å². The number of hydrogen-bond donors (Lipinski definition) is 4. The zero-order valence-corrected chi connectivity index (χ0v) is 22.4. The van der Waals surface area contributed by atoms with Gasteiger partial charge in [0, 0.05) is 10.9 Å². The first-order valence-corrected chi connectivity index (χ1v) is 14.6. The van der Waals surface area contributed by atoms with Crippen molar-refractivity contribution in [3.63, 3.8) is 0 Å². The van der Waals surface area contributed by atoms with Crippen LogP contribution in [0.1, 0.15) is 29.8 Å². The van der Waals surface area contributed by atoms with Gasteiger partial charge in [0.15, 0.2) is 0 Å². The van der Waals surface area contributed by atoms with Crippen LogP contribution < -0.4 is 10.0 Å². The maximum Gasteiger partial charge on any atom is 0.268 e. The van der Waals surface area contributed by atoms with Crippen molar-refractivity contribution in [3.05, 3.63) is 103 Å². The Balaban J connectivity index is 1.33. The van der Waals surface area contributed by atoms with Gasteiger partial charge in [-0.1, -0.05) is 72.8 Å². The van der Waals surface area contributed by atoms with Crippen molar-refractivity contribution in [2.75, 3.05) is 4.72 Å². The summed E-state index contributed by atoms with van der Waals surface area (Å²) in [4.78, 5) is 21.0. The van der Waals surface area contributed by atoms with Gasteiger partial charge in [-0.3, -0.25) is 9.52 Å². The third-order valence-corrected chi connectivity index (χ3v) is 8.66. The number of carbonyl (C=O) groups is 1. The third kappa shape index (κ3) is 5.09. The molecule has 1 aliphatic rings. The molecular weight excluding hydrogens is 524 g/mol. The Kier molecular flexibility index (Phi) is 6.83. The average molecular weight is 553 g/mol. The van der Waals surface area contributed by atoms with E-state index in [-0.39, 0.29) is 22.5 Å². The van der Waals surface area contributed by atoms with Gasteiger partial charge in [0.05, 0.1) is 28.9 Å². The van der Waals surface area contributed by atoms with E-state index >= 15 is 0 Å². The Hall–Kier alpha value is -4.47. The number of aliphatic hydroxyl groups excluding tert-OH is 1. The van der Waals surface area contributed by atoms with Crippen LogP contribution in [0.5, 0.6) is 0 Å². The standard InChI is InChI=1S/C31H28N4O4S/c36-27-13-7-12-26(27)33-31(37)29-28(22-10-5-2-6-11-22)25-18-23(19-32-30(25)34-29)35-40(38,39)24-16-14-21(15-17-24)20-8-3-1-4-9-20/h1-6,8-11,14-19,26-27,35-36H,7,12-13H2,(H,32,34)(H,33,37). The number of H-pyrrole nitrogens is 1. The van der Waals surface area contributed by atoms with Gasteiger partial charge in [0.25, 0.3) is 15.9 Å². The summed E-state index contributed by atoms with van der Waals surface area (Å²) >= 11 is 0. The number of aromatic nitrogens is 2. The fraction of sp³-hybridized carbons (Fsp3) is 0.161. The number of amides is 1. The van der Waals surface area contributed by atoms with Crippen LogP contribution in [-0.2, 0) is 10.0 Å². The maximum atomic E-state index is 13.3. The van der Waals surface area contributed by atoms with Crippen LogP contribution >= 0.6 is 0 Å². The second-order valence-electron chi connectivity index (χ2n) is 9.94. The van der Waals surface area contributed by atoms with E-state index in [0.717, 1.165) is 23.1 Å². The van der Waals surface area contributed by atoms with Crippen molar-refractivity contribution in [2.45, 2.75) is 36.3 Å². The van der Waals surface area contributed by atoms with Crippen LogP contribution in [0.3, 0.4) is 0 Å². The summed E-state index contributed by atoms with van der Waals surface area (Å²) in [5.74, 6) is -0.344. The molecule has 2 heterocycles. The van der Waals surface area contributed by atoms with Gasteiger partial charge in [-0.05, 0) is 54.2 Å². The number of benzene rings is 3. The summed E-state index contributed by atoms with van der Waals surface area (Å²) in [5.41, 5.74) is 4.34. The number of rotatable bonds is 7. The minimum Gasteiger partial charge on any atom is -0.391 e. The largest absolute Gasteiger partial charge is 0.391 e. The Morgan fingerprint density at radius 2 is 1.52 bits per heavy atom. The number of fused-ring (bicyclic) bond motifs is 1. The summed E-state index contributed by atoms with van der Waals surface area (Å²) < 4.78 is 29.1. The van der Waals surface area contributed by atoms with Crippen molar-refractivity contribution < 1.29 is 18.3 Å². The number of pyridine rings is 1. The second-order valence-corrected chi connectivity index (χ2v) is 11.6. The minimum atomic E-state index is -3.90. The van der Waals surface area contributed by atoms with Crippen molar-refractivity contribution in [1.29, 1.82) is 0 Å². The monoisotopic (exact) mass is 552 g/mol. The number of hydrogen-bond acceptors (Lipinski definition) is 5. The number of aromatic amines is 1. The highest BCUT2D eigenvalue weighted by atomic mass is 32.2. The van der Waals surface area contributed by atoms with Gasteiger partial charge in [-0.15, -0.1) is 0 Å². The SMILES string of the molecule is O=C(NC1CCCC1O)c1[nH]c2ncc(NS(=O)(=O)c3ccc(-c4ccccc4)cc3)cc2c1-c1ccccc1. The normalized spacial score (nSPS) is 17.1. The van der Waals surface area contributed by atoms with Crippen molar-refractivity contribution in [1.82, 2.24) is 15.3 Å². The Bertz CT molecular complexity index is 1770. The summed E-state index contributed by atoms with van der Waals surface area (Å²) in [7, 11) is -3.90. The molecule has 2 unspecified atom stereocenters. The fourth-order valence-electron chi connectivity index (χ4n) is 5.22. The Labute approximate surface area is 232 Å². The molecule has 4 N–H and O–H groups in total. The van der Waals surface area contributed by atoms with E-state index in [2.05, 4.69) is 20.0 Å². The molecule has 0 saturated heterocycles. The van der Waals surface area contributed by atoms with Crippen LogP contribution in [0.25, 0.3) is 33.3 Å². The summed E-state index contributed by atoms with van der Waals surface area (Å²) in [5, 5.41) is 13.8. The molecule has 0 radical (unpaired) electrons. The lowest BCUT2D eigenvalue weighted by Crippen LogP contribution is -2.40. The lowest BCUT2D eigenvalue weighted by atomic mass is 10.0. The molecule has 0 aliphatic heterocycles. The minimum absolute atomic E-state index is 0.125. The van der Waals surface area contributed by atoms with E-state index in [9.17, 15) is 18.3 Å². The van der Waals surface area contributed by atoms with Gasteiger partial charge in [-0.2, -0.15) is 0 Å². The van der Waals surface area contributed by atoms with Crippen LogP contribution in [-0.4, -0.2) is 41.5 Å². The van der Waals surface area contributed by atoms with Gasteiger partial charge in [0.2, 0.25) is 0 Å². The van der Waals surface area contributed by atoms with Gasteiger partial charge >= 0.3 is 0 Å². The molecule has 3 aromatic carbocycles. The van der Waals surface area contributed by atoms with Gasteiger partial charge < -0.3 is 15.4 Å². The van der Waals surface area contributed by atoms with Crippen LogP contribution in [0, 0.1) is 0 Å². The predicted octanol–water partition coefficient (Wildman–Crippen LogP) is 5.34. The molecule has 40 heavy (non-hydrogen) atoms. The Morgan fingerprint density at radius 3 is 2.17 bits per heavy atom. The molecule has 6 rings (SSSR count). The number of sulfonamides is 1. The molecule has 2 atom stereocenters. The molecule has 1 amide bonds. The number of nitrogens with zero attached hydrogens (tertiary/aromatic N) is 1. The number of carbonyl (C=O) groups excluding carboxylic acids is 1. The summed E-state index contributed by atoms with van der Waals surface area (Å²) in [6.45, 7) is 0. The van der Waals surface area contributed by atoms with E-state index in [1.807, 2.05) is 60.7 Å². The van der Waals surface area contributed by atoms with Crippen molar-refractivity contribution in [2.24, 2.45) is 0 Å².